The molecule has 0 saturated heterocycles. The number of nitrogens with one attached hydrogen (secondary N) is 1. The van der Waals surface area contributed by atoms with Gasteiger partial charge in [-0.1, -0.05) is 39.3 Å². The van der Waals surface area contributed by atoms with Gasteiger partial charge in [-0.2, -0.15) is 0 Å². The molecule has 0 saturated carbocycles. The molecule has 96 valence electrons. The Morgan fingerprint density at radius 2 is 1.76 bits per heavy atom. The van der Waals surface area contributed by atoms with Crippen molar-refractivity contribution in [2.75, 3.05) is 6.54 Å². The molecule has 1 N–H and O–H groups in total. The molecule has 0 aliphatic rings. The fourth-order valence-corrected chi connectivity index (χ4v) is 2.60. The second-order valence-electron chi connectivity index (χ2n) is 4.75. The van der Waals surface area contributed by atoms with E-state index in [1.165, 1.54) is 28.4 Å². The Kier molecular flexibility index (Phi) is 7.12. The normalized spacial score (nSPS) is 14.6. The van der Waals surface area contributed by atoms with Crippen LogP contribution in [0.2, 0.25) is 0 Å². The zero-order valence-electron chi connectivity index (χ0n) is 11.2. The Morgan fingerprint density at radius 3 is 2.29 bits per heavy atom. The zero-order valence-corrected chi connectivity index (χ0v) is 13.3. The van der Waals surface area contributed by atoms with Crippen LogP contribution in [0, 0.1) is 9.49 Å². The lowest BCUT2D eigenvalue weighted by atomic mass is 9.91. The fourth-order valence-electron chi connectivity index (χ4n) is 2.24. The number of hydrogen-bond acceptors (Lipinski definition) is 1. The van der Waals surface area contributed by atoms with Crippen molar-refractivity contribution in [2.24, 2.45) is 5.92 Å². The molecule has 1 nitrogen and oxygen atoms in total. The highest BCUT2D eigenvalue weighted by molar-refractivity contribution is 14.1. The van der Waals surface area contributed by atoms with Gasteiger partial charge in [-0.3, -0.25) is 0 Å². The van der Waals surface area contributed by atoms with Gasteiger partial charge in [-0.25, -0.2) is 0 Å². The van der Waals surface area contributed by atoms with Crippen LogP contribution >= 0.6 is 22.6 Å². The Balaban J connectivity index is 2.77. The fraction of sp³-hybridized carbons (Fsp3) is 0.600. The van der Waals surface area contributed by atoms with E-state index in [0.717, 1.165) is 6.54 Å². The first-order valence-electron chi connectivity index (χ1n) is 6.67. The maximum atomic E-state index is 3.69. The third-order valence-electron chi connectivity index (χ3n) is 3.16. The van der Waals surface area contributed by atoms with Crippen molar-refractivity contribution < 1.29 is 0 Å². The predicted octanol–water partition coefficient (Wildman–Crippen LogP) is 4.77. The van der Waals surface area contributed by atoms with Gasteiger partial charge in [0.2, 0.25) is 0 Å². The molecule has 0 fully saturated rings. The monoisotopic (exact) mass is 345 g/mol. The van der Waals surface area contributed by atoms with Crippen LogP contribution < -0.4 is 5.32 Å². The van der Waals surface area contributed by atoms with E-state index in [0.29, 0.717) is 12.0 Å². The molecule has 0 bridgehead atoms. The van der Waals surface area contributed by atoms with E-state index in [1.807, 2.05) is 0 Å². The summed E-state index contributed by atoms with van der Waals surface area (Å²) in [4.78, 5) is 0. The molecule has 0 aliphatic heterocycles. The highest BCUT2D eigenvalue weighted by Crippen LogP contribution is 2.26. The first kappa shape index (κ1) is 15.0. The average Bonchev–Trinajstić information content (AvgIpc) is 2.32. The van der Waals surface area contributed by atoms with E-state index >= 15 is 0 Å². The lowest BCUT2D eigenvalue weighted by molar-refractivity contribution is 0.363. The second-order valence-corrected chi connectivity index (χ2v) is 5.99. The highest BCUT2D eigenvalue weighted by Gasteiger charge is 2.17. The van der Waals surface area contributed by atoms with Gasteiger partial charge in [0.25, 0.3) is 0 Å². The minimum Gasteiger partial charge on any atom is -0.310 e. The first-order valence-corrected chi connectivity index (χ1v) is 7.75. The van der Waals surface area contributed by atoms with Crippen molar-refractivity contribution in [2.45, 2.75) is 46.1 Å². The van der Waals surface area contributed by atoms with Gasteiger partial charge in [0.1, 0.15) is 0 Å². The van der Waals surface area contributed by atoms with Gasteiger partial charge in [0.15, 0.2) is 0 Å². The largest absolute Gasteiger partial charge is 0.310 e. The summed E-state index contributed by atoms with van der Waals surface area (Å²) in [5, 5.41) is 3.69. The molecule has 0 aliphatic carbocycles. The third kappa shape index (κ3) is 4.96. The second kappa shape index (κ2) is 8.09. The highest BCUT2D eigenvalue weighted by atomic mass is 127. The van der Waals surface area contributed by atoms with E-state index in [1.54, 1.807) is 0 Å². The van der Waals surface area contributed by atoms with Gasteiger partial charge < -0.3 is 5.32 Å². The molecule has 1 aromatic rings. The summed E-state index contributed by atoms with van der Waals surface area (Å²) in [6.45, 7) is 7.95. The molecule has 0 heterocycles. The molecular formula is C15H24IN. The number of hydrogen-bond donors (Lipinski definition) is 1. The lowest BCUT2D eigenvalue weighted by Gasteiger charge is -2.25. The molecule has 2 heteroatoms. The van der Waals surface area contributed by atoms with E-state index < -0.39 is 0 Å². The molecule has 0 spiro atoms. The van der Waals surface area contributed by atoms with Crippen molar-refractivity contribution >= 4 is 22.6 Å². The van der Waals surface area contributed by atoms with E-state index in [-0.39, 0.29) is 0 Å². The molecule has 2 unspecified atom stereocenters. The van der Waals surface area contributed by atoms with Crippen LogP contribution in [0.15, 0.2) is 24.3 Å². The van der Waals surface area contributed by atoms with Gasteiger partial charge in [0.05, 0.1) is 0 Å². The minimum absolute atomic E-state index is 0.506. The summed E-state index contributed by atoms with van der Waals surface area (Å²) in [5.74, 6) is 0.701. The molecule has 0 aromatic heterocycles. The van der Waals surface area contributed by atoms with Gasteiger partial charge in [-0.05, 0) is 65.6 Å². The summed E-state index contributed by atoms with van der Waals surface area (Å²) >= 11 is 2.36. The number of halogens is 1. The summed E-state index contributed by atoms with van der Waals surface area (Å²) in [7, 11) is 0. The van der Waals surface area contributed by atoms with Gasteiger partial charge >= 0.3 is 0 Å². The maximum absolute atomic E-state index is 3.69. The van der Waals surface area contributed by atoms with Gasteiger partial charge in [0, 0.05) is 9.61 Å². The molecule has 1 rings (SSSR count). The van der Waals surface area contributed by atoms with E-state index in [2.05, 4.69) is 72.9 Å². The smallest absolute Gasteiger partial charge is 0.0346 e. The third-order valence-corrected chi connectivity index (χ3v) is 3.88. The van der Waals surface area contributed by atoms with Crippen LogP contribution in [0.25, 0.3) is 0 Å². The van der Waals surface area contributed by atoms with Crippen LogP contribution in [0.1, 0.15) is 51.6 Å². The molecule has 1 aromatic carbocycles. The van der Waals surface area contributed by atoms with Crippen LogP contribution in [0.3, 0.4) is 0 Å². The molecule has 2 atom stereocenters. The van der Waals surface area contributed by atoms with Crippen LogP contribution in [0.5, 0.6) is 0 Å². The Morgan fingerprint density at radius 1 is 1.12 bits per heavy atom. The number of benzene rings is 1. The average molecular weight is 345 g/mol. The van der Waals surface area contributed by atoms with Crippen molar-refractivity contribution in [3.63, 3.8) is 0 Å². The standard InChI is InChI=1S/C15H24IN/c1-4-6-12(3)15(17-11-5-2)13-7-9-14(16)10-8-13/h7-10,12,15,17H,4-6,11H2,1-3H3. The van der Waals surface area contributed by atoms with Crippen molar-refractivity contribution in [1.82, 2.24) is 5.32 Å². The van der Waals surface area contributed by atoms with E-state index in [9.17, 15) is 0 Å². The topological polar surface area (TPSA) is 12.0 Å². The summed E-state index contributed by atoms with van der Waals surface area (Å²) in [6, 6.07) is 9.44. The van der Waals surface area contributed by atoms with Gasteiger partial charge in [-0.15, -0.1) is 0 Å². The quantitative estimate of drug-likeness (QED) is 0.702. The predicted molar refractivity (Wildman–Crippen MR) is 84.3 cm³/mol. The maximum Gasteiger partial charge on any atom is 0.0346 e. The molecule has 17 heavy (non-hydrogen) atoms. The SMILES string of the molecule is CCCNC(c1ccc(I)cc1)C(C)CCC. The van der Waals surface area contributed by atoms with Crippen LogP contribution in [-0.2, 0) is 0 Å². The number of rotatable bonds is 7. The van der Waals surface area contributed by atoms with Crippen molar-refractivity contribution in [1.29, 1.82) is 0 Å². The Bertz CT molecular complexity index is 307. The lowest BCUT2D eigenvalue weighted by Crippen LogP contribution is -2.27. The van der Waals surface area contributed by atoms with Crippen LogP contribution in [0.4, 0.5) is 0 Å². The summed E-state index contributed by atoms with van der Waals surface area (Å²) in [5.41, 5.74) is 1.43. The molecular weight excluding hydrogens is 321 g/mol. The summed E-state index contributed by atoms with van der Waals surface area (Å²) < 4.78 is 1.31. The van der Waals surface area contributed by atoms with Crippen LogP contribution in [-0.4, -0.2) is 6.54 Å². The summed E-state index contributed by atoms with van der Waals surface area (Å²) in [6.07, 6.45) is 3.74. The zero-order chi connectivity index (χ0) is 12.7. The Hall–Kier alpha value is -0.0900. The molecule has 0 radical (unpaired) electrons. The van der Waals surface area contributed by atoms with E-state index in [4.69, 9.17) is 0 Å². The molecule has 0 amide bonds. The first-order chi connectivity index (χ1) is 8.19. The van der Waals surface area contributed by atoms with Crippen molar-refractivity contribution in [3.05, 3.63) is 33.4 Å². The Labute approximate surface area is 120 Å². The minimum atomic E-state index is 0.506. The van der Waals surface area contributed by atoms with Crippen molar-refractivity contribution in [3.8, 4) is 0 Å².